The van der Waals surface area contributed by atoms with Crippen molar-refractivity contribution in [3.05, 3.63) is 0 Å². The molecule has 3 N–H and O–H groups in total. The van der Waals surface area contributed by atoms with Gasteiger partial charge in [0.15, 0.2) is 5.96 Å². The summed E-state index contributed by atoms with van der Waals surface area (Å²) in [5, 5.41) is 3.24. The van der Waals surface area contributed by atoms with Crippen LogP contribution < -0.4 is 11.1 Å². The van der Waals surface area contributed by atoms with Crippen molar-refractivity contribution in [2.75, 3.05) is 0 Å². The molecule has 0 saturated heterocycles. The summed E-state index contributed by atoms with van der Waals surface area (Å²) in [6, 6.07) is 0.507. The Hall–Kier alpha value is -0.730. The molecular weight excluding hydrogens is 210 g/mol. The minimum atomic E-state index is 0.0167. The van der Waals surface area contributed by atoms with Gasteiger partial charge in [0, 0.05) is 5.54 Å². The first kappa shape index (κ1) is 12.7. The van der Waals surface area contributed by atoms with E-state index in [4.69, 9.17) is 5.73 Å². The minimum absolute atomic E-state index is 0.0167. The highest BCUT2D eigenvalue weighted by Gasteiger charge is 2.43. The molecule has 2 fully saturated rings. The molecule has 3 heteroatoms. The van der Waals surface area contributed by atoms with Crippen molar-refractivity contribution in [1.29, 1.82) is 0 Å². The lowest BCUT2D eigenvalue weighted by Gasteiger charge is -2.22. The second-order valence-corrected chi connectivity index (χ2v) is 6.75. The van der Waals surface area contributed by atoms with Crippen LogP contribution in [0, 0.1) is 11.8 Å². The average Bonchev–Trinajstić information content (AvgIpc) is 2.95. The Labute approximate surface area is 105 Å². The molecule has 3 nitrogen and oxygen atoms in total. The summed E-state index contributed by atoms with van der Waals surface area (Å²) in [4.78, 5) is 4.61. The van der Waals surface area contributed by atoms with E-state index in [0.717, 1.165) is 11.8 Å². The van der Waals surface area contributed by atoms with E-state index in [2.05, 4.69) is 31.1 Å². The lowest BCUT2D eigenvalue weighted by Crippen LogP contribution is -2.45. The third-order valence-electron chi connectivity index (χ3n) is 3.87. The minimum Gasteiger partial charge on any atom is -0.370 e. The number of nitrogens with one attached hydrogen (secondary N) is 1. The maximum Gasteiger partial charge on any atom is 0.189 e. The summed E-state index contributed by atoms with van der Waals surface area (Å²) in [6.07, 6.45) is 8.38. The van der Waals surface area contributed by atoms with Crippen molar-refractivity contribution in [2.45, 2.75) is 70.9 Å². The molecule has 17 heavy (non-hydrogen) atoms. The summed E-state index contributed by atoms with van der Waals surface area (Å²) in [7, 11) is 0. The number of hydrogen-bond acceptors (Lipinski definition) is 1. The molecule has 0 aromatic heterocycles. The lowest BCUT2D eigenvalue weighted by atomic mass is 9.85. The van der Waals surface area contributed by atoms with Crippen molar-refractivity contribution in [1.82, 2.24) is 5.32 Å². The van der Waals surface area contributed by atoms with Crippen LogP contribution in [-0.4, -0.2) is 17.5 Å². The van der Waals surface area contributed by atoms with Crippen LogP contribution in [0.5, 0.6) is 0 Å². The van der Waals surface area contributed by atoms with Gasteiger partial charge in [0.25, 0.3) is 0 Å². The highest BCUT2D eigenvalue weighted by Crippen LogP contribution is 2.46. The predicted octanol–water partition coefficient (Wildman–Crippen LogP) is 2.66. The van der Waals surface area contributed by atoms with Gasteiger partial charge in [0.2, 0.25) is 0 Å². The summed E-state index contributed by atoms with van der Waals surface area (Å²) < 4.78 is 0. The summed E-state index contributed by atoms with van der Waals surface area (Å²) >= 11 is 0. The van der Waals surface area contributed by atoms with E-state index in [1.165, 1.54) is 38.5 Å². The van der Waals surface area contributed by atoms with Gasteiger partial charge < -0.3 is 11.1 Å². The van der Waals surface area contributed by atoms with E-state index < -0.39 is 0 Å². The van der Waals surface area contributed by atoms with Gasteiger partial charge in [0.05, 0.1) is 6.04 Å². The summed E-state index contributed by atoms with van der Waals surface area (Å²) in [6.45, 7) is 6.34. The normalized spacial score (nSPS) is 31.4. The fraction of sp³-hybridized carbons (Fsp3) is 0.929. The third-order valence-corrected chi connectivity index (χ3v) is 3.87. The Morgan fingerprint density at radius 2 is 1.82 bits per heavy atom. The molecule has 2 aliphatic carbocycles. The molecule has 0 spiro atoms. The number of nitrogens with two attached hydrogens (primary N) is 1. The van der Waals surface area contributed by atoms with E-state index in [0.29, 0.717) is 12.0 Å². The Balaban J connectivity index is 1.80. The molecule has 0 radical (unpaired) electrons. The highest BCUT2D eigenvalue weighted by molar-refractivity contribution is 5.78. The second-order valence-electron chi connectivity index (χ2n) is 6.75. The Morgan fingerprint density at radius 3 is 2.41 bits per heavy atom. The van der Waals surface area contributed by atoms with Gasteiger partial charge in [-0.15, -0.1) is 0 Å². The Morgan fingerprint density at radius 1 is 1.18 bits per heavy atom. The Kier molecular flexibility index (Phi) is 3.64. The smallest absolute Gasteiger partial charge is 0.189 e. The van der Waals surface area contributed by atoms with Crippen molar-refractivity contribution in [3.63, 3.8) is 0 Å². The maximum atomic E-state index is 5.93. The molecule has 0 bridgehead atoms. The first-order chi connectivity index (χ1) is 7.96. The van der Waals surface area contributed by atoms with Crippen LogP contribution >= 0.6 is 0 Å². The molecule has 2 aliphatic rings. The second kappa shape index (κ2) is 4.87. The molecular formula is C14H27N3. The third kappa shape index (κ3) is 3.90. The number of guanidine groups is 1. The quantitative estimate of drug-likeness (QED) is 0.573. The number of rotatable bonds is 2. The molecule has 98 valence electrons. The van der Waals surface area contributed by atoms with Crippen LogP contribution in [0.3, 0.4) is 0 Å². The molecule has 2 atom stereocenters. The zero-order valence-electron chi connectivity index (χ0n) is 11.5. The Bertz CT molecular complexity index is 284. The number of hydrogen-bond donors (Lipinski definition) is 2. The van der Waals surface area contributed by atoms with Gasteiger partial charge in [-0.2, -0.15) is 0 Å². The topological polar surface area (TPSA) is 50.4 Å². The number of aliphatic imine (C=N–C) groups is 1. The van der Waals surface area contributed by atoms with Gasteiger partial charge in [0.1, 0.15) is 0 Å². The lowest BCUT2D eigenvalue weighted by molar-refractivity contribution is 0.318. The van der Waals surface area contributed by atoms with E-state index >= 15 is 0 Å². The van der Waals surface area contributed by atoms with Crippen molar-refractivity contribution >= 4 is 5.96 Å². The zero-order valence-corrected chi connectivity index (χ0v) is 11.5. The molecule has 0 aliphatic heterocycles. The molecule has 0 aromatic rings. The van der Waals surface area contributed by atoms with Crippen molar-refractivity contribution in [2.24, 2.45) is 22.6 Å². The van der Waals surface area contributed by atoms with E-state index in [9.17, 15) is 0 Å². The molecule has 0 aromatic carbocycles. The summed E-state index contributed by atoms with van der Waals surface area (Å²) in [5.74, 6) is 2.39. The first-order valence-corrected chi connectivity index (χ1v) is 7.07. The predicted molar refractivity (Wildman–Crippen MR) is 73.0 cm³/mol. The monoisotopic (exact) mass is 237 g/mol. The largest absolute Gasteiger partial charge is 0.370 e. The maximum absolute atomic E-state index is 5.93. The zero-order chi connectivity index (χ0) is 12.5. The standard InChI is InChI=1S/C14H27N3/c1-14(2,3)17-13(15)16-12-9-11(12)10-7-5-4-6-8-10/h10-12H,4-9H2,1-3H3,(H3,15,16,17)/t11-,12+/m0/s1. The van der Waals surface area contributed by atoms with Crippen LogP contribution in [0.2, 0.25) is 0 Å². The molecule has 2 saturated carbocycles. The van der Waals surface area contributed by atoms with E-state index in [1.807, 2.05) is 0 Å². The van der Waals surface area contributed by atoms with Gasteiger partial charge in [-0.1, -0.05) is 32.1 Å². The van der Waals surface area contributed by atoms with E-state index in [1.54, 1.807) is 0 Å². The van der Waals surface area contributed by atoms with Crippen molar-refractivity contribution < 1.29 is 0 Å². The molecule has 0 heterocycles. The molecule has 0 unspecified atom stereocenters. The van der Waals surface area contributed by atoms with E-state index in [-0.39, 0.29) is 5.54 Å². The van der Waals surface area contributed by atoms with Gasteiger partial charge in [-0.3, -0.25) is 0 Å². The van der Waals surface area contributed by atoms with Crippen LogP contribution in [0.25, 0.3) is 0 Å². The fourth-order valence-electron chi connectivity index (χ4n) is 3.01. The van der Waals surface area contributed by atoms with Gasteiger partial charge >= 0.3 is 0 Å². The van der Waals surface area contributed by atoms with Crippen LogP contribution in [0.1, 0.15) is 59.3 Å². The van der Waals surface area contributed by atoms with Gasteiger partial charge in [-0.25, -0.2) is 4.99 Å². The molecule has 2 rings (SSSR count). The van der Waals surface area contributed by atoms with Crippen LogP contribution in [0.15, 0.2) is 4.99 Å². The molecule has 0 amide bonds. The first-order valence-electron chi connectivity index (χ1n) is 7.07. The average molecular weight is 237 g/mol. The van der Waals surface area contributed by atoms with Crippen LogP contribution in [-0.2, 0) is 0 Å². The SMILES string of the molecule is CC(C)(C)NC(N)=N[C@@H]1C[C@H]1C1CCCCC1. The fourth-order valence-corrected chi connectivity index (χ4v) is 3.01. The van der Waals surface area contributed by atoms with Crippen molar-refractivity contribution in [3.8, 4) is 0 Å². The highest BCUT2D eigenvalue weighted by atomic mass is 15.1. The summed E-state index contributed by atoms with van der Waals surface area (Å²) in [5.41, 5.74) is 5.95. The number of nitrogens with zero attached hydrogens (tertiary/aromatic N) is 1. The van der Waals surface area contributed by atoms with Crippen LogP contribution in [0.4, 0.5) is 0 Å². The van der Waals surface area contributed by atoms with Gasteiger partial charge in [-0.05, 0) is 39.0 Å².